The number of aryl methyl sites for hydroxylation is 2. The van der Waals surface area contributed by atoms with Gasteiger partial charge in [-0.05, 0) is 62.6 Å². The van der Waals surface area contributed by atoms with Crippen LogP contribution >= 0.6 is 0 Å². The zero-order valence-electron chi connectivity index (χ0n) is 13.1. The van der Waals surface area contributed by atoms with Gasteiger partial charge < -0.3 is 9.88 Å². The molecule has 1 saturated carbocycles. The molecule has 1 amide bonds. The lowest BCUT2D eigenvalue weighted by atomic mass is 10.1. The standard InChI is InChI=1S/C18H17N3O2/c1-11-9-12(2)21(15-7-8-15)18(23)16(11)17(22)20-14-5-3-13(10-19)4-6-14/h3-6,9,15H,7-8H2,1-2H3,(H,20,22). The molecule has 1 aliphatic carbocycles. The quantitative estimate of drug-likeness (QED) is 0.947. The molecule has 2 aromatic rings. The molecular weight excluding hydrogens is 290 g/mol. The second kappa shape index (κ2) is 5.73. The Morgan fingerprint density at radius 3 is 2.48 bits per heavy atom. The molecule has 23 heavy (non-hydrogen) atoms. The lowest BCUT2D eigenvalue weighted by molar-refractivity contribution is 0.102. The number of amides is 1. The summed E-state index contributed by atoms with van der Waals surface area (Å²) in [7, 11) is 0. The van der Waals surface area contributed by atoms with E-state index in [2.05, 4.69) is 5.32 Å². The lowest BCUT2D eigenvalue weighted by Gasteiger charge is -2.14. The Labute approximate surface area is 134 Å². The highest BCUT2D eigenvalue weighted by molar-refractivity contribution is 6.05. The summed E-state index contributed by atoms with van der Waals surface area (Å²) in [5.74, 6) is -0.411. The largest absolute Gasteiger partial charge is 0.322 e. The summed E-state index contributed by atoms with van der Waals surface area (Å²) in [5.41, 5.74) is 2.61. The number of carbonyl (C=O) groups is 1. The van der Waals surface area contributed by atoms with Crippen LogP contribution in [0.25, 0.3) is 0 Å². The average Bonchev–Trinajstić information content (AvgIpc) is 3.32. The van der Waals surface area contributed by atoms with Crippen molar-refractivity contribution in [1.29, 1.82) is 5.26 Å². The van der Waals surface area contributed by atoms with E-state index in [0.717, 1.165) is 18.5 Å². The number of carbonyl (C=O) groups excluding carboxylic acids is 1. The first-order chi connectivity index (χ1) is 11.0. The van der Waals surface area contributed by atoms with E-state index in [0.29, 0.717) is 16.8 Å². The van der Waals surface area contributed by atoms with Crippen molar-refractivity contribution in [3.8, 4) is 6.07 Å². The van der Waals surface area contributed by atoms with Gasteiger partial charge in [0, 0.05) is 17.4 Å². The molecule has 1 fully saturated rings. The van der Waals surface area contributed by atoms with Crippen LogP contribution in [0.5, 0.6) is 0 Å². The predicted molar refractivity (Wildman–Crippen MR) is 87.6 cm³/mol. The summed E-state index contributed by atoms with van der Waals surface area (Å²) in [6.07, 6.45) is 1.97. The molecule has 0 radical (unpaired) electrons. The van der Waals surface area contributed by atoms with Crippen LogP contribution in [0, 0.1) is 25.2 Å². The third-order valence-corrected chi connectivity index (χ3v) is 4.04. The van der Waals surface area contributed by atoms with Crippen LogP contribution < -0.4 is 10.9 Å². The fourth-order valence-corrected chi connectivity index (χ4v) is 2.79. The van der Waals surface area contributed by atoms with Gasteiger partial charge in [0.25, 0.3) is 11.5 Å². The molecule has 0 bridgehead atoms. The molecule has 0 unspecified atom stereocenters. The van der Waals surface area contributed by atoms with E-state index in [1.165, 1.54) is 0 Å². The number of nitrogens with zero attached hydrogens (tertiary/aromatic N) is 2. The molecule has 1 aliphatic rings. The number of anilines is 1. The number of rotatable bonds is 3. The zero-order chi connectivity index (χ0) is 16.6. The minimum atomic E-state index is -0.411. The third-order valence-electron chi connectivity index (χ3n) is 4.04. The topological polar surface area (TPSA) is 74.9 Å². The maximum atomic E-state index is 12.7. The summed E-state index contributed by atoms with van der Waals surface area (Å²) in [5, 5.41) is 11.5. The first kappa shape index (κ1) is 15.0. The van der Waals surface area contributed by atoms with Gasteiger partial charge in [-0.15, -0.1) is 0 Å². The van der Waals surface area contributed by atoms with Crippen LogP contribution in [-0.4, -0.2) is 10.5 Å². The second-order valence-electron chi connectivity index (χ2n) is 5.89. The molecule has 116 valence electrons. The number of nitriles is 1. The number of pyridine rings is 1. The maximum Gasteiger partial charge on any atom is 0.264 e. The van der Waals surface area contributed by atoms with Gasteiger partial charge in [0.15, 0.2) is 0 Å². The van der Waals surface area contributed by atoms with Crippen molar-refractivity contribution < 1.29 is 4.79 Å². The molecule has 1 aromatic heterocycles. The van der Waals surface area contributed by atoms with Gasteiger partial charge in [-0.3, -0.25) is 9.59 Å². The predicted octanol–water partition coefficient (Wildman–Crippen LogP) is 2.92. The van der Waals surface area contributed by atoms with E-state index in [4.69, 9.17) is 5.26 Å². The zero-order valence-corrected chi connectivity index (χ0v) is 13.1. The smallest absolute Gasteiger partial charge is 0.264 e. The fourth-order valence-electron chi connectivity index (χ4n) is 2.79. The first-order valence-corrected chi connectivity index (χ1v) is 7.55. The number of nitrogens with one attached hydrogen (secondary N) is 1. The van der Waals surface area contributed by atoms with Crippen molar-refractivity contribution in [2.24, 2.45) is 0 Å². The Hall–Kier alpha value is -2.87. The van der Waals surface area contributed by atoms with Crippen molar-refractivity contribution in [3.63, 3.8) is 0 Å². The number of aromatic nitrogens is 1. The van der Waals surface area contributed by atoms with Crippen LogP contribution in [0.1, 0.15) is 46.1 Å². The lowest BCUT2D eigenvalue weighted by Crippen LogP contribution is -2.31. The summed E-state index contributed by atoms with van der Waals surface area (Å²) >= 11 is 0. The van der Waals surface area contributed by atoms with E-state index in [-0.39, 0.29) is 17.2 Å². The monoisotopic (exact) mass is 307 g/mol. The van der Waals surface area contributed by atoms with E-state index in [1.54, 1.807) is 35.8 Å². The van der Waals surface area contributed by atoms with Crippen LogP contribution in [-0.2, 0) is 0 Å². The van der Waals surface area contributed by atoms with Crippen LogP contribution in [0.3, 0.4) is 0 Å². The number of hydrogen-bond donors (Lipinski definition) is 1. The van der Waals surface area contributed by atoms with Gasteiger partial charge in [-0.25, -0.2) is 0 Å². The Morgan fingerprint density at radius 2 is 1.91 bits per heavy atom. The van der Waals surface area contributed by atoms with Crippen LogP contribution in [0.15, 0.2) is 35.1 Å². The molecule has 0 aliphatic heterocycles. The second-order valence-corrected chi connectivity index (χ2v) is 5.89. The van der Waals surface area contributed by atoms with Crippen LogP contribution in [0.2, 0.25) is 0 Å². The maximum absolute atomic E-state index is 12.7. The normalized spacial score (nSPS) is 13.4. The third kappa shape index (κ3) is 2.88. The molecule has 1 heterocycles. The highest BCUT2D eigenvalue weighted by Gasteiger charge is 2.28. The minimum absolute atomic E-state index is 0.187. The number of benzene rings is 1. The molecule has 1 N–H and O–H groups in total. The Kier molecular flexibility index (Phi) is 3.75. The Bertz CT molecular complexity index is 869. The van der Waals surface area contributed by atoms with Gasteiger partial charge >= 0.3 is 0 Å². The highest BCUT2D eigenvalue weighted by atomic mass is 16.2. The van der Waals surface area contributed by atoms with Crippen LogP contribution in [0.4, 0.5) is 5.69 Å². The summed E-state index contributed by atoms with van der Waals surface area (Å²) in [6.45, 7) is 3.67. The van der Waals surface area contributed by atoms with Gasteiger partial charge in [0.2, 0.25) is 0 Å². The molecule has 1 aromatic carbocycles. The van der Waals surface area contributed by atoms with Gasteiger partial charge in [-0.2, -0.15) is 5.26 Å². The molecule has 0 spiro atoms. The molecule has 5 nitrogen and oxygen atoms in total. The van der Waals surface area contributed by atoms with E-state index in [9.17, 15) is 9.59 Å². The van der Waals surface area contributed by atoms with Crippen molar-refractivity contribution in [3.05, 3.63) is 63.1 Å². The SMILES string of the molecule is Cc1cc(C)n(C2CC2)c(=O)c1C(=O)Nc1ccc(C#N)cc1. The number of hydrogen-bond acceptors (Lipinski definition) is 3. The molecule has 3 rings (SSSR count). The minimum Gasteiger partial charge on any atom is -0.322 e. The van der Waals surface area contributed by atoms with Crippen molar-refractivity contribution in [2.75, 3.05) is 5.32 Å². The van der Waals surface area contributed by atoms with E-state index < -0.39 is 5.91 Å². The summed E-state index contributed by atoms with van der Waals surface area (Å²) in [6, 6.07) is 10.7. The Morgan fingerprint density at radius 1 is 1.26 bits per heavy atom. The highest BCUT2D eigenvalue weighted by Crippen LogP contribution is 2.34. The summed E-state index contributed by atoms with van der Waals surface area (Å²) < 4.78 is 1.72. The van der Waals surface area contributed by atoms with Crippen molar-refractivity contribution in [1.82, 2.24) is 4.57 Å². The van der Waals surface area contributed by atoms with Gasteiger partial charge in [0.05, 0.1) is 11.6 Å². The van der Waals surface area contributed by atoms with Crippen molar-refractivity contribution >= 4 is 11.6 Å². The fraction of sp³-hybridized carbons (Fsp3) is 0.278. The van der Waals surface area contributed by atoms with Gasteiger partial charge in [-0.1, -0.05) is 0 Å². The average molecular weight is 307 g/mol. The van der Waals surface area contributed by atoms with E-state index >= 15 is 0 Å². The molecule has 0 saturated heterocycles. The van der Waals surface area contributed by atoms with Gasteiger partial charge in [0.1, 0.15) is 5.56 Å². The molecule has 5 heteroatoms. The Balaban J connectivity index is 1.94. The molecular formula is C18H17N3O2. The summed E-state index contributed by atoms with van der Waals surface area (Å²) in [4.78, 5) is 25.2. The van der Waals surface area contributed by atoms with E-state index in [1.807, 2.05) is 19.1 Å². The van der Waals surface area contributed by atoms with Crippen molar-refractivity contribution in [2.45, 2.75) is 32.7 Å². The molecule has 0 atom stereocenters. The first-order valence-electron chi connectivity index (χ1n) is 7.55.